The van der Waals surface area contributed by atoms with Crippen LogP contribution in [0.3, 0.4) is 0 Å². The van der Waals surface area contributed by atoms with Crippen molar-refractivity contribution < 1.29 is 8.78 Å². The van der Waals surface area contributed by atoms with Crippen molar-refractivity contribution in [2.45, 2.75) is 44.7 Å². The van der Waals surface area contributed by atoms with Gasteiger partial charge in [-0.25, -0.2) is 8.78 Å². The van der Waals surface area contributed by atoms with E-state index in [0.29, 0.717) is 17.5 Å². The first-order chi connectivity index (χ1) is 10.1. The van der Waals surface area contributed by atoms with Crippen LogP contribution in [0.5, 0.6) is 0 Å². The average molecular weight is 294 g/mol. The summed E-state index contributed by atoms with van der Waals surface area (Å²) < 4.78 is 27.1. The fourth-order valence-corrected chi connectivity index (χ4v) is 3.43. The van der Waals surface area contributed by atoms with Crippen molar-refractivity contribution in [3.63, 3.8) is 0 Å². The van der Waals surface area contributed by atoms with Gasteiger partial charge in [-0.1, -0.05) is 6.07 Å². The monoisotopic (exact) mass is 294 g/mol. The number of rotatable bonds is 5. The van der Waals surface area contributed by atoms with E-state index in [1.54, 1.807) is 6.07 Å². The zero-order chi connectivity index (χ0) is 14.8. The van der Waals surface area contributed by atoms with E-state index in [9.17, 15) is 8.78 Å². The van der Waals surface area contributed by atoms with Gasteiger partial charge in [-0.05, 0) is 57.7 Å². The SMILES string of the molecule is CC(c1ccc(F)cc1F)N(CC1CCCNC1)C1CC1. The number of piperidine rings is 1. The summed E-state index contributed by atoms with van der Waals surface area (Å²) in [6.07, 6.45) is 4.87. The lowest BCUT2D eigenvalue weighted by Gasteiger charge is -2.34. The summed E-state index contributed by atoms with van der Waals surface area (Å²) in [7, 11) is 0. The van der Waals surface area contributed by atoms with E-state index in [4.69, 9.17) is 0 Å². The Hall–Kier alpha value is -1.00. The van der Waals surface area contributed by atoms with E-state index in [-0.39, 0.29) is 6.04 Å². The predicted molar refractivity (Wildman–Crippen MR) is 80.1 cm³/mol. The third kappa shape index (κ3) is 3.61. The molecule has 0 bridgehead atoms. The summed E-state index contributed by atoms with van der Waals surface area (Å²) in [5, 5.41) is 3.45. The van der Waals surface area contributed by atoms with E-state index in [1.807, 2.05) is 6.92 Å². The van der Waals surface area contributed by atoms with Crippen molar-refractivity contribution in [3.8, 4) is 0 Å². The van der Waals surface area contributed by atoms with Crippen molar-refractivity contribution in [2.24, 2.45) is 5.92 Å². The molecule has 21 heavy (non-hydrogen) atoms. The molecule has 1 aromatic carbocycles. The maximum Gasteiger partial charge on any atom is 0.130 e. The van der Waals surface area contributed by atoms with E-state index >= 15 is 0 Å². The van der Waals surface area contributed by atoms with Gasteiger partial charge in [0.05, 0.1) is 0 Å². The maximum atomic E-state index is 14.0. The van der Waals surface area contributed by atoms with E-state index in [0.717, 1.165) is 25.7 Å². The van der Waals surface area contributed by atoms with Crippen LogP contribution in [0.15, 0.2) is 18.2 Å². The molecule has 0 amide bonds. The molecule has 3 rings (SSSR count). The molecule has 2 unspecified atom stereocenters. The highest BCUT2D eigenvalue weighted by molar-refractivity contribution is 5.22. The minimum atomic E-state index is -0.502. The van der Waals surface area contributed by atoms with Crippen LogP contribution in [0.4, 0.5) is 8.78 Å². The molecular weight excluding hydrogens is 270 g/mol. The third-order valence-electron chi connectivity index (χ3n) is 4.79. The van der Waals surface area contributed by atoms with Gasteiger partial charge >= 0.3 is 0 Å². The number of benzene rings is 1. The van der Waals surface area contributed by atoms with Crippen molar-refractivity contribution in [3.05, 3.63) is 35.4 Å². The molecule has 1 aromatic rings. The Morgan fingerprint density at radius 1 is 1.29 bits per heavy atom. The quantitative estimate of drug-likeness (QED) is 0.894. The van der Waals surface area contributed by atoms with Crippen LogP contribution in [0.25, 0.3) is 0 Å². The van der Waals surface area contributed by atoms with Crippen molar-refractivity contribution in [2.75, 3.05) is 19.6 Å². The van der Waals surface area contributed by atoms with Crippen LogP contribution < -0.4 is 5.32 Å². The van der Waals surface area contributed by atoms with Crippen LogP contribution >= 0.6 is 0 Å². The van der Waals surface area contributed by atoms with Crippen LogP contribution in [-0.4, -0.2) is 30.6 Å². The van der Waals surface area contributed by atoms with Gasteiger partial charge in [-0.3, -0.25) is 4.90 Å². The molecule has 1 aliphatic heterocycles. The second-order valence-corrected chi connectivity index (χ2v) is 6.48. The molecular formula is C17H24F2N2. The van der Waals surface area contributed by atoms with Crippen LogP contribution in [0, 0.1) is 17.6 Å². The molecule has 2 aliphatic rings. The van der Waals surface area contributed by atoms with Crippen molar-refractivity contribution in [1.29, 1.82) is 0 Å². The number of halogens is 2. The lowest BCUT2D eigenvalue weighted by molar-refractivity contribution is 0.151. The van der Waals surface area contributed by atoms with Gasteiger partial charge in [-0.15, -0.1) is 0 Å². The van der Waals surface area contributed by atoms with Gasteiger partial charge in [0.25, 0.3) is 0 Å². The maximum absolute atomic E-state index is 14.0. The summed E-state index contributed by atoms with van der Waals surface area (Å²) in [5.41, 5.74) is 0.618. The first kappa shape index (κ1) is 14.9. The second kappa shape index (κ2) is 6.41. The minimum Gasteiger partial charge on any atom is -0.316 e. The largest absolute Gasteiger partial charge is 0.316 e. The number of nitrogens with one attached hydrogen (secondary N) is 1. The molecule has 116 valence electrons. The molecule has 1 aliphatic carbocycles. The number of hydrogen-bond acceptors (Lipinski definition) is 2. The fourth-order valence-electron chi connectivity index (χ4n) is 3.43. The smallest absolute Gasteiger partial charge is 0.130 e. The molecule has 0 aromatic heterocycles. The molecule has 1 saturated heterocycles. The number of nitrogens with zero attached hydrogens (tertiary/aromatic N) is 1. The summed E-state index contributed by atoms with van der Waals surface area (Å²) in [4.78, 5) is 2.42. The van der Waals surface area contributed by atoms with Crippen molar-refractivity contribution >= 4 is 0 Å². The van der Waals surface area contributed by atoms with Gasteiger partial charge in [-0.2, -0.15) is 0 Å². The highest BCUT2D eigenvalue weighted by Gasteiger charge is 2.35. The van der Waals surface area contributed by atoms with Gasteiger partial charge in [0, 0.05) is 30.3 Å². The molecule has 1 saturated carbocycles. The minimum absolute atomic E-state index is 0.0139. The van der Waals surface area contributed by atoms with Gasteiger partial charge in [0.15, 0.2) is 0 Å². The normalized spacial score (nSPS) is 24.3. The van der Waals surface area contributed by atoms with Crippen LogP contribution in [0.1, 0.15) is 44.2 Å². The van der Waals surface area contributed by atoms with Gasteiger partial charge in [0.2, 0.25) is 0 Å². The fraction of sp³-hybridized carbons (Fsp3) is 0.647. The Balaban J connectivity index is 1.73. The van der Waals surface area contributed by atoms with E-state index in [2.05, 4.69) is 10.2 Å². The number of hydrogen-bond donors (Lipinski definition) is 1. The zero-order valence-electron chi connectivity index (χ0n) is 12.6. The summed E-state index contributed by atoms with van der Waals surface area (Å²) in [6.45, 7) is 5.23. The standard InChI is InChI=1S/C17H24F2N2/c1-12(16-7-4-14(18)9-17(16)19)21(15-5-6-15)11-13-3-2-8-20-10-13/h4,7,9,12-13,15,20H,2-3,5-6,8,10-11H2,1H3. The summed E-state index contributed by atoms with van der Waals surface area (Å²) in [5.74, 6) is -0.280. The van der Waals surface area contributed by atoms with Crippen LogP contribution in [-0.2, 0) is 0 Å². The Morgan fingerprint density at radius 2 is 2.10 bits per heavy atom. The second-order valence-electron chi connectivity index (χ2n) is 6.48. The first-order valence-electron chi connectivity index (χ1n) is 8.06. The summed E-state index contributed by atoms with van der Waals surface area (Å²) >= 11 is 0. The summed E-state index contributed by atoms with van der Waals surface area (Å²) in [6, 6.07) is 4.55. The molecule has 0 spiro atoms. The lowest BCUT2D eigenvalue weighted by atomic mass is 9.97. The van der Waals surface area contributed by atoms with E-state index in [1.165, 1.54) is 31.7 Å². The molecule has 2 atom stereocenters. The average Bonchev–Trinajstić information content (AvgIpc) is 3.30. The molecule has 4 heteroatoms. The topological polar surface area (TPSA) is 15.3 Å². The molecule has 2 fully saturated rings. The highest BCUT2D eigenvalue weighted by Crippen LogP contribution is 2.36. The lowest BCUT2D eigenvalue weighted by Crippen LogP contribution is -2.40. The molecule has 0 radical (unpaired) electrons. The highest BCUT2D eigenvalue weighted by atomic mass is 19.1. The molecule has 2 nitrogen and oxygen atoms in total. The molecule has 1 heterocycles. The third-order valence-corrected chi connectivity index (χ3v) is 4.79. The van der Waals surface area contributed by atoms with Crippen LogP contribution in [0.2, 0.25) is 0 Å². The van der Waals surface area contributed by atoms with Gasteiger partial charge < -0.3 is 5.32 Å². The Morgan fingerprint density at radius 3 is 2.71 bits per heavy atom. The predicted octanol–water partition coefficient (Wildman–Crippen LogP) is 3.49. The Bertz CT molecular complexity index is 482. The first-order valence-corrected chi connectivity index (χ1v) is 8.06. The van der Waals surface area contributed by atoms with E-state index < -0.39 is 11.6 Å². The van der Waals surface area contributed by atoms with Crippen molar-refractivity contribution in [1.82, 2.24) is 10.2 Å². The Labute approximate surface area is 125 Å². The zero-order valence-corrected chi connectivity index (χ0v) is 12.6. The van der Waals surface area contributed by atoms with Gasteiger partial charge in [0.1, 0.15) is 11.6 Å². The molecule has 1 N–H and O–H groups in total. The Kier molecular flexibility index (Phi) is 4.55.